The van der Waals surface area contributed by atoms with E-state index in [-0.39, 0.29) is 17.3 Å². The molecular weight excluding hydrogens is 408 g/mol. The van der Waals surface area contributed by atoms with Gasteiger partial charge in [0.1, 0.15) is 5.88 Å². The largest absolute Gasteiger partial charge is 0.379 e. The van der Waals surface area contributed by atoms with Crippen molar-refractivity contribution in [1.82, 2.24) is 19.3 Å². The molecule has 0 amide bonds. The minimum absolute atomic E-state index is 0.114. The SMILES string of the molecule is CC(C)c1cc2[nH]c(=O)n(CS(C)(=O)=O)c(=O)c2cc1-c1ccnn1[C@@H]1CCOC1. The predicted molar refractivity (Wildman–Crippen MR) is 113 cm³/mol. The molecule has 3 aromatic rings. The van der Waals surface area contributed by atoms with E-state index >= 15 is 0 Å². The zero-order valence-electron chi connectivity index (χ0n) is 17.1. The number of fused-ring (bicyclic) bond motifs is 1. The Morgan fingerprint density at radius 2 is 2.07 bits per heavy atom. The molecule has 0 spiro atoms. The van der Waals surface area contributed by atoms with Gasteiger partial charge in [-0.1, -0.05) is 13.8 Å². The second-order valence-electron chi connectivity index (χ2n) is 8.04. The number of hydrogen-bond acceptors (Lipinski definition) is 6. The summed E-state index contributed by atoms with van der Waals surface area (Å²) in [7, 11) is -3.57. The van der Waals surface area contributed by atoms with Crippen molar-refractivity contribution < 1.29 is 13.2 Å². The smallest absolute Gasteiger partial charge is 0.329 e. The van der Waals surface area contributed by atoms with Crippen molar-refractivity contribution in [3.05, 3.63) is 50.8 Å². The van der Waals surface area contributed by atoms with Crippen LogP contribution in [-0.2, 0) is 20.5 Å². The number of aromatic nitrogens is 4. The van der Waals surface area contributed by atoms with Gasteiger partial charge in [0.15, 0.2) is 9.84 Å². The number of hydrogen-bond donors (Lipinski definition) is 1. The Hall–Kier alpha value is -2.72. The summed E-state index contributed by atoms with van der Waals surface area (Å²) in [6, 6.07) is 5.53. The number of sulfone groups is 1. The molecule has 0 radical (unpaired) electrons. The number of rotatable bonds is 5. The third kappa shape index (κ3) is 3.72. The van der Waals surface area contributed by atoms with Crippen LogP contribution in [-0.4, -0.2) is 47.2 Å². The molecule has 3 heterocycles. The van der Waals surface area contributed by atoms with Crippen LogP contribution in [0.4, 0.5) is 0 Å². The summed E-state index contributed by atoms with van der Waals surface area (Å²) < 4.78 is 31.5. The zero-order valence-corrected chi connectivity index (χ0v) is 17.9. The molecule has 2 aromatic heterocycles. The monoisotopic (exact) mass is 432 g/mol. The Labute approximate surface area is 173 Å². The van der Waals surface area contributed by atoms with Crippen LogP contribution in [0.3, 0.4) is 0 Å². The maximum Gasteiger partial charge on any atom is 0.329 e. The van der Waals surface area contributed by atoms with Crippen molar-refractivity contribution in [3.8, 4) is 11.3 Å². The molecule has 1 aliphatic heterocycles. The minimum atomic E-state index is -3.57. The van der Waals surface area contributed by atoms with Crippen LogP contribution in [0.2, 0.25) is 0 Å². The van der Waals surface area contributed by atoms with E-state index in [9.17, 15) is 18.0 Å². The Balaban J connectivity index is 1.98. The van der Waals surface area contributed by atoms with Crippen molar-refractivity contribution in [2.75, 3.05) is 19.5 Å². The molecular formula is C20H24N4O5S. The maximum absolute atomic E-state index is 13.0. The number of aromatic amines is 1. The lowest BCUT2D eigenvalue weighted by Crippen LogP contribution is -2.37. The summed E-state index contributed by atoms with van der Waals surface area (Å²) >= 11 is 0. The quantitative estimate of drug-likeness (QED) is 0.655. The van der Waals surface area contributed by atoms with Gasteiger partial charge >= 0.3 is 5.69 Å². The van der Waals surface area contributed by atoms with Crippen LogP contribution in [0.1, 0.15) is 37.8 Å². The van der Waals surface area contributed by atoms with Gasteiger partial charge < -0.3 is 9.72 Å². The lowest BCUT2D eigenvalue weighted by Gasteiger charge is -2.18. The maximum atomic E-state index is 13.0. The van der Waals surface area contributed by atoms with Gasteiger partial charge in [-0.05, 0) is 36.1 Å². The highest BCUT2D eigenvalue weighted by atomic mass is 32.2. The Morgan fingerprint density at radius 1 is 1.30 bits per heavy atom. The van der Waals surface area contributed by atoms with E-state index in [0.717, 1.165) is 34.1 Å². The van der Waals surface area contributed by atoms with E-state index in [4.69, 9.17) is 4.74 Å². The predicted octanol–water partition coefficient (Wildman–Crippen LogP) is 1.64. The Bertz CT molecular complexity index is 1330. The standard InChI is InChI=1S/C20H24N4O5S/c1-12(2)14-9-17-16(19(25)23(20(26)22-17)11-30(3,27)28)8-15(14)18-4-6-21-24(18)13-5-7-29-10-13/h4,6,8-9,12-13H,5,7,10-11H2,1-3H3,(H,22,26)/t13-/m1/s1. The molecule has 30 heavy (non-hydrogen) atoms. The highest BCUT2D eigenvalue weighted by Gasteiger charge is 2.24. The molecule has 1 aliphatic rings. The number of ether oxygens (including phenoxy) is 1. The van der Waals surface area contributed by atoms with Gasteiger partial charge in [0.2, 0.25) is 0 Å². The van der Waals surface area contributed by atoms with Crippen LogP contribution in [0.25, 0.3) is 22.2 Å². The lowest BCUT2D eigenvalue weighted by molar-refractivity contribution is 0.185. The first kappa shape index (κ1) is 20.5. The average molecular weight is 433 g/mol. The van der Waals surface area contributed by atoms with Gasteiger partial charge in [0.05, 0.1) is 29.2 Å². The van der Waals surface area contributed by atoms with Gasteiger partial charge in [0.25, 0.3) is 5.56 Å². The Morgan fingerprint density at radius 3 is 2.70 bits per heavy atom. The number of H-pyrrole nitrogens is 1. The fourth-order valence-corrected chi connectivity index (χ4v) is 4.61. The van der Waals surface area contributed by atoms with Crippen LogP contribution in [0, 0.1) is 0 Å². The van der Waals surface area contributed by atoms with Gasteiger partial charge in [-0.3, -0.25) is 9.48 Å². The summed E-state index contributed by atoms with van der Waals surface area (Å²) in [4.78, 5) is 28.0. The first-order chi connectivity index (χ1) is 14.2. The summed E-state index contributed by atoms with van der Waals surface area (Å²) in [5, 5.41) is 4.73. The average Bonchev–Trinajstić information content (AvgIpc) is 3.34. The topological polar surface area (TPSA) is 116 Å². The van der Waals surface area contributed by atoms with E-state index in [1.165, 1.54) is 0 Å². The lowest BCUT2D eigenvalue weighted by atomic mass is 9.93. The summed E-state index contributed by atoms with van der Waals surface area (Å²) in [5.74, 6) is -0.551. The third-order valence-electron chi connectivity index (χ3n) is 5.34. The molecule has 4 rings (SSSR count). The molecule has 10 heteroatoms. The van der Waals surface area contributed by atoms with Crippen molar-refractivity contribution >= 4 is 20.7 Å². The van der Waals surface area contributed by atoms with Crippen molar-refractivity contribution in [2.45, 2.75) is 38.1 Å². The second-order valence-corrected chi connectivity index (χ2v) is 10.1. The molecule has 0 aliphatic carbocycles. The summed E-state index contributed by atoms with van der Waals surface area (Å²) in [6.45, 7) is 5.32. The molecule has 1 N–H and O–H groups in total. The van der Waals surface area contributed by atoms with Crippen LogP contribution in [0.5, 0.6) is 0 Å². The molecule has 0 bridgehead atoms. The number of benzene rings is 1. The van der Waals surface area contributed by atoms with E-state index in [0.29, 0.717) is 18.7 Å². The summed E-state index contributed by atoms with van der Waals surface area (Å²) in [5.41, 5.74) is 1.66. The molecule has 9 nitrogen and oxygen atoms in total. The van der Waals surface area contributed by atoms with Crippen molar-refractivity contribution in [1.29, 1.82) is 0 Å². The molecule has 1 atom stereocenters. The number of nitrogens with one attached hydrogen (secondary N) is 1. The molecule has 1 fully saturated rings. The van der Waals surface area contributed by atoms with Crippen LogP contribution < -0.4 is 11.2 Å². The van der Waals surface area contributed by atoms with Crippen LogP contribution >= 0.6 is 0 Å². The molecule has 1 saturated heterocycles. The third-order valence-corrected chi connectivity index (χ3v) is 6.06. The molecule has 0 unspecified atom stereocenters. The highest BCUT2D eigenvalue weighted by Crippen LogP contribution is 2.34. The normalized spacial score (nSPS) is 17.3. The highest BCUT2D eigenvalue weighted by molar-refractivity contribution is 7.89. The van der Waals surface area contributed by atoms with Gasteiger partial charge in [-0.15, -0.1) is 0 Å². The fraction of sp³-hybridized carbons (Fsp3) is 0.450. The molecule has 1 aromatic carbocycles. The van der Waals surface area contributed by atoms with E-state index in [1.54, 1.807) is 18.3 Å². The fourth-order valence-electron chi connectivity index (χ4n) is 3.90. The number of nitrogens with zero attached hydrogens (tertiary/aromatic N) is 3. The minimum Gasteiger partial charge on any atom is -0.379 e. The van der Waals surface area contributed by atoms with Crippen molar-refractivity contribution in [3.63, 3.8) is 0 Å². The van der Waals surface area contributed by atoms with Gasteiger partial charge in [-0.2, -0.15) is 5.10 Å². The van der Waals surface area contributed by atoms with E-state index in [2.05, 4.69) is 10.1 Å². The summed E-state index contributed by atoms with van der Waals surface area (Å²) in [6.07, 6.45) is 3.56. The van der Waals surface area contributed by atoms with Gasteiger partial charge in [-0.25, -0.2) is 17.8 Å². The zero-order chi connectivity index (χ0) is 21.6. The van der Waals surface area contributed by atoms with E-state index < -0.39 is 27.0 Å². The van der Waals surface area contributed by atoms with Gasteiger partial charge in [0, 0.05) is 24.6 Å². The van der Waals surface area contributed by atoms with E-state index in [1.807, 2.05) is 24.6 Å². The molecule has 160 valence electrons. The molecule has 0 saturated carbocycles. The Kier molecular flexibility index (Phi) is 5.15. The first-order valence-electron chi connectivity index (χ1n) is 9.76. The first-order valence-corrected chi connectivity index (χ1v) is 11.8. The van der Waals surface area contributed by atoms with Crippen molar-refractivity contribution in [2.24, 2.45) is 0 Å². The van der Waals surface area contributed by atoms with Crippen LogP contribution in [0.15, 0.2) is 34.0 Å². The second kappa shape index (κ2) is 7.51.